The minimum atomic E-state index is 0.290. The molecule has 0 atom stereocenters. The highest BCUT2D eigenvalue weighted by molar-refractivity contribution is 5.79. The number of benzene rings is 2. The third-order valence-corrected chi connectivity index (χ3v) is 5.24. The molecule has 2 N–H and O–H groups in total. The average Bonchev–Trinajstić information content (AvgIpc) is 2.82. The maximum atomic E-state index is 5.46. The van der Waals surface area contributed by atoms with Crippen LogP contribution in [0.4, 0.5) is 0 Å². The van der Waals surface area contributed by atoms with Crippen molar-refractivity contribution in [2.45, 2.75) is 19.5 Å². The lowest BCUT2D eigenvalue weighted by atomic mass is 10.1. The first-order valence-electron chi connectivity index (χ1n) is 10.7. The van der Waals surface area contributed by atoms with Crippen LogP contribution in [0.5, 0.6) is 5.75 Å². The van der Waals surface area contributed by atoms with Gasteiger partial charge in [-0.25, -0.2) is 0 Å². The first-order chi connectivity index (χ1) is 15.3. The molecule has 1 fully saturated rings. The van der Waals surface area contributed by atoms with Crippen LogP contribution in [0.1, 0.15) is 16.7 Å². The molecule has 1 saturated heterocycles. The molecule has 0 bridgehead atoms. The molecule has 6 heteroatoms. The number of rotatable bonds is 9. The Hall–Kier alpha value is -3.01. The van der Waals surface area contributed by atoms with Crippen LogP contribution in [-0.2, 0) is 24.2 Å². The van der Waals surface area contributed by atoms with Crippen molar-refractivity contribution in [3.8, 4) is 18.1 Å². The predicted molar refractivity (Wildman–Crippen MR) is 125 cm³/mol. The molecule has 2 aromatic carbocycles. The Morgan fingerprint density at radius 1 is 1.10 bits per heavy atom. The molecule has 0 saturated carbocycles. The van der Waals surface area contributed by atoms with E-state index in [-0.39, 0.29) is 0 Å². The zero-order chi connectivity index (χ0) is 21.7. The number of aliphatic imine (C=N–C) groups is 1. The van der Waals surface area contributed by atoms with Crippen LogP contribution in [0.2, 0.25) is 0 Å². The number of terminal acetylenes is 1. The summed E-state index contributed by atoms with van der Waals surface area (Å²) in [6.07, 6.45) is 6.11. The molecule has 0 amide bonds. The van der Waals surface area contributed by atoms with Gasteiger partial charge in [0.15, 0.2) is 5.96 Å². The van der Waals surface area contributed by atoms with Gasteiger partial charge in [-0.05, 0) is 35.2 Å². The van der Waals surface area contributed by atoms with Gasteiger partial charge in [0.1, 0.15) is 12.4 Å². The fraction of sp³-hybridized carbons (Fsp3) is 0.400. The van der Waals surface area contributed by atoms with Gasteiger partial charge in [0.25, 0.3) is 0 Å². The molecular weight excluding hydrogens is 388 g/mol. The van der Waals surface area contributed by atoms with Crippen LogP contribution >= 0.6 is 0 Å². The molecule has 0 radical (unpaired) electrons. The smallest absolute Gasteiger partial charge is 0.191 e. The molecule has 3 rings (SSSR count). The molecule has 0 aliphatic carbocycles. The molecule has 0 spiro atoms. The van der Waals surface area contributed by atoms with E-state index in [0.29, 0.717) is 6.61 Å². The van der Waals surface area contributed by atoms with E-state index in [1.165, 1.54) is 16.7 Å². The van der Waals surface area contributed by atoms with Crippen molar-refractivity contribution in [3.63, 3.8) is 0 Å². The van der Waals surface area contributed by atoms with Gasteiger partial charge in [-0.1, -0.05) is 42.3 Å². The van der Waals surface area contributed by atoms with Crippen LogP contribution in [0.25, 0.3) is 0 Å². The van der Waals surface area contributed by atoms with Crippen molar-refractivity contribution in [1.82, 2.24) is 15.5 Å². The van der Waals surface area contributed by atoms with E-state index >= 15 is 0 Å². The van der Waals surface area contributed by atoms with Gasteiger partial charge in [0.05, 0.1) is 13.2 Å². The monoisotopic (exact) mass is 420 g/mol. The van der Waals surface area contributed by atoms with E-state index < -0.39 is 0 Å². The van der Waals surface area contributed by atoms with E-state index in [4.69, 9.17) is 15.9 Å². The molecule has 1 aliphatic rings. The Balaban J connectivity index is 1.45. The van der Waals surface area contributed by atoms with Gasteiger partial charge in [-0.3, -0.25) is 9.89 Å². The molecule has 0 unspecified atom stereocenters. The second-order valence-electron chi connectivity index (χ2n) is 7.40. The van der Waals surface area contributed by atoms with Gasteiger partial charge in [0.2, 0.25) is 0 Å². The van der Waals surface area contributed by atoms with Gasteiger partial charge in [-0.2, -0.15) is 0 Å². The number of hydrogen-bond acceptors (Lipinski definition) is 4. The summed E-state index contributed by atoms with van der Waals surface area (Å²) in [4.78, 5) is 6.80. The summed E-state index contributed by atoms with van der Waals surface area (Å²) >= 11 is 0. The van der Waals surface area contributed by atoms with Crippen molar-refractivity contribution in [2.24, 2.45) is 4.99 Å². The lowest BCUT2D eigenvalue weighted by molar-refractivity contribution is 0.0341. The highest BCUT2D eigenvalue weighted by Gasteiger charge is 2.12. The van der Waals surface area contributed by atoms with E-state index in [1.807, 2.05) is 12.1 Å². The van der Waals surface area contributed by atoms with Crippen LogP contribution < -0.4 is 15.4 Å². The quantitative estimate of drug-likeness (QED) is 0.371. The van der Waals surface area contributed by atoms with Gasteiger partial charge in [0, 0.05) is 39.8 Å². The number of ether oxygens (including phenoxy) is 2. The minimum absolute atomic E-state index is 0.290. The molecule has 1 heterocycles. The van der Waals surface area contributed by atoms with Crippen LogP contribution in [0, 0.1) is 12.3 Å². The van der Waals surface area contributed by atoms with E-state index in [9.17, 15) is 0 Å². The standard InChI is InChI=1S/C25H32N4O2/c1-3-16-31-24-10-8-21(9-11-24)12-13-27-25(26-2)28-19-22-6-4-5-7-23(22)20-29-14-17-30-18-15-29/h1,4-11H,12-20H2,2H3,(H2,26,27,28). The van der Waals surface area contributed by atoms with Crippen LogP contribution in [0.3, 0.4) is 0 Å². The molecule has 1 aliphatic heterocycles. The zero-order valence-electron chi connectivity index (χ0n) is 18.3. The number of nitrogens with one attached hydrogen (secondary N) is 2. The van der Waals surface area contributed by atoms with Crippen molar-refractivity contribution >= 4 is 5.96 Å². The topological polar surface area (TPSA) is 58.1 Å². The Morgan fingerprint density at radius 2 is 1.84 bits per heavy atom. The summed E-state index contributed by atoms with van der Waals surface area (Å²) in [7, 11) is 1.80. The fourth-order valence-corrected chi connectivity index (χ4v) is 3.49. The molecule has 6 nitrogen and oxygen atoms in total. The van der Waals surface area contributed by atoms with Crippen molar-refractivity contribution in [3.05, 3.63) is 65.2 Å². The molecule has 2 aromatic rings. The summed E-state index contributed by atoms with van der Waals surface area (Å²) in [5.74, 6) is 4.07. The fourth-order valence-electron chi connectivity index (χ4n) is 3.49. The Kier molecular flexibility index (Phi) is 9.24. The van der Waals surface area contributed by atoms with E-state index in [0.717, 1.165) is 64.1 Å². The summed E-state index contributed by atoms with van der Waals surface area (Å²) in [6.45, 7) is 6.38. The normalized spacial score (nSPS) is 14.6. The predicted octanol–water partition coefficient (Wildman–Crippen LogP) is 2.44. The lowest BCUT2D eigenvalue weighted by Crippen LogP contribution is -2.38. The van der Waals surface area contributed by atoms with Crippen LogP contribution in [0.15, 0.2) is 53.5 Å². The summed E-state index contributed by atoms with van der Waals surface area (Å²) in [5.41, 5.74) is 3.87. The Bertz CT molecular complexity index is 868. The molecule has 164 valence electrons. The maximum absolute atomic E-state index is 5.46. The number of nitrogens with zero attached hydrogens (tertiary/aromatic N) is 2. The van der Waals surface area contributed by atoms with Crippen molar-refractivity contribution < 1.29 is 9.47 Å². The largest absolute Gasteiger partial charge is 0.481 e. The van der Waals surface area contributed by atoms with Crippen molar-refractivity contribution in [2.75, 3.05) is 46.5 Å². The second-order valence-corrected chi connectivity index (χ2v) is 7.40. The SMILES string of the molecule is C#CCOc1ccc(CCNC(=NC)NCc2ccccc2CN2CCOCC2)cc1. The minimum Gasteiger partial charge on any atom is -0.481 e. The zero-order valence-corrected chi connectivity index (χ0v) is 18.3. The second kappa shape index (κ2) is 12.6. The maximum Gasteiger partial charge on any atom is 0.191 e. The Labute approximate surface area is 185 Å². The number of guanidine groups is 1. The Morgan fingerprint density at radius 3 is 2.55 bits per heavy atom. The van der Waals surface area contributed by atoms with Crippen LogP contribution in [-0.4, -0.2) is 57.4 Å². The number of morpholine rings is 1. The molecular formula is C25H32N4O2. The third kappa shape index (κ3) is 7.63. The third-order valence-electron chi connectivity index (χ3n) is 5.24. The summed E-state index contributed by atoms with van der Waals surface area (Å²) < 4.78 is 10.9. The average molecular weight is 421 g/mol. The first kappa shape index (κ1) is 22.7. The first-order valence-corrected chi connectivity index (χ1v) is 10.7. The van der Waals surface area contributed by atoms with E-state index in [1.54, 1.807) is 7.05 Å². The highest BCUT2D eigenvalue weighted by Crippen LogP contribution is 2.13. The summed E-state index contributed by atoms with van der Waals surface area (Å²) in [6, 6.07) is 16.6. The van der Waals surface area contributed by atoms with Crippen molar-refractivity contribution in [1.29, 1.82) is 0 Å². The highest BCUT2D eigenvalue weighted by atomic mass is 16.5. The van der Waals surface area contributed by atoms with E-state index in [2.05, 4.69) is 62.8 Å². The number of hydrogen-bond donors (Lipinski definition) is 2. The summed E-state index contributed by atoms with van der Waals surface area (Å²) in [5, 5.41) is 6.83. The molecule has 31 heavy (non-hydrogen) atoms. The lowest BCUT2D eigenvalue weighted by Gasteiger charge is -2.27. The van der Waals surface area contributed by atoms with Gasteiger partial charge >= 0.3 is 0 Å². The van der Waals surface area contributed by atoms with Gasteiger partial charge in [-0.15, -0.1) is 6.42 Å². The van der Waals surface area contributed by atoms with Gasteiger partial charge < -0.3 is 20.1 Å². The molecule has 0 aromatic heterocycles.